The molecule has 2 heterocycles. The van der Waals surface area contributed by atoms with Crippen molar-refractivity contribution in [2.75, 3.05) is 5.73 Å². The highest BCUT2D eigenvalue weighted by Gasteiger charge is 2.28. The van der Waals surface area contributed by atoms with Crippen molar-refractivity contribution in [2.24, 2.45) is 0 Å². The van der Waals surface area contributed by atoms with Gasteiger partial charge in [-0.2, -0.15) is 0 Å². The van der Waals surface area contributed by atoms with E-state index >= 15 is 0 Å². The van der Waals surface area contributed by atoms with Crippen LogP contribution in [0.5, 0.6) is 0 Å². The summed E-state index contributed by atoms with van der Waals surface area (Å²) in [7, 11) is 0. The number of nitrogen functional groups attached to an aromatic ring is 1. The third-order valence-electron chi connectivity index (χ3n) is 2.25. The first-order chi connectivity index (χ1) is 6.34. The smallest absolute Gasteiger partial charge is 0.255 e. The van der Waals surface area contributed by atoms with Gasteiger partial charge in [0.1, 0.15) is 5.82 Å². The van der Waals surface area contributed by atoms with Crippen LogP contribution in [0, 0.1) is 0 Å². The highest BCUT2D eigenvalue weighted by Crippen LogP contribution is 2.38. The average Bonchev–Trinajstić information content (AvgIpc) is 2.87. The Kier molecular flexibility index (Phi) is 1.15. The molecule has 0 saturated heterocycles. The molecule has 0 spiro atoms. The van der Waals surface area contributed by atoms with Crippen LogP contribution < -0.4 is 5.73 Å². The van der Waals surface area contributed by atoms with E-state index in [1.54, 1.807) is 6.20 Å². The van der Waals surface area contributed by atoms with Crippen LogP contribution >= 0.6 is 0 Å². The number of nitrogens with zero attached hydrogens (tertiary/aromatic N) is 4. The van der Waals surface area contributed by atoms with Gasteiger partial charge in [-0.25, -0.2) is 4.98 Å². The van der Waals surface area contributed by atoms with Gasteiger partial charge >= 0.3 is 0 Å². The summed E-state index contributed by atoms with van der Waals surface area (Å²) in [4.78, 5) is 4.08. The van der Waals surface area contributed by atoms with Crippen molar-refractivity contribution in [1.82, 2.24) is 19.6 Å². The van der Waals surface area contributed by atoms with Gasteiger partial charge in [-0.05, 0) is 12.8 Å². The molecule has 13 heavy (non-hydrogen) atoms. The minimum atomic E-state index is 0.568. The van der Waals surface area contributed by atoms with Crippen LogP contribution in [0.3, 0.4) is 0 Å². The molecular weight excluding hydrogens is 166 g/mol. The molecule has 3 rings (SSSR count). The quantitative estimate of drug-likeness (QED) is 0.688. The molecule has 2 N–H and O–H groups in total. The zero-order valence-electron chi connectivity index (χ0n) is 7.01. The van der Waals surface area contributed by atoms with E-state index in [1.165, 1.54) is 12.8 Å². The van der Waals surface area contributed by atoms with E-state index < -0.39 is 0 Å². The van der Waals surface area contributed by atoms with E-state index in [0.717, 1.165) is 5.82 Å². The molecule has 0 bridgehead atoms. The maximum Gasteiger partial charge on any atom is 0.255 e. The van der Waals surface area contributed by atoms with Crippen molar-refractivity contribution in [1.29, 1.82) is 0 Å². The van der Waals surface area contributed by atoms with Gasteiger partial charge in [0.15, 0.2) is 0 Å². The lowest BCUT2D eigenvalue weighted by Crippen LogP contribution is -1.96. The Morgan fingerprint density at radius 2 is 2.23 bits per heavy atom. The molecule has 0 radical (unpaired) electrons. The number of anilines is 1. The van der Waals surface area contributed by atoms with Crippen molar-refractivity contribution in [3.63, 3.8) is 0 Å². The topological polar surface area (TPSA) is 69.1 Å². The van der Waals surface area contributed by atoms with E-state index in [2.05, 4.69) is 15.2 Å². The maximum absolute atomic E-state index is 5.63. The molecule has 1 aliphatic carbocycles. The van der Waals surface area contributed by atoms with Crippen molar-refractivity contribution in [2.45, 2.75) is 18.8 Å². The van der Waals surface area contributed by atoms with Gasteiger partial charge < -0.3 is 5.73 Å². The third kappa shape index (κ3) is 0.965. The molecule has 66 valence electrons. The molecule has 5 heteroatoms. The molecule has 0 aliphatic heterocycles. The van der Waals surface area contributed by atoms with Gasteiger partial charge in [-0.15, -0.1) is 10.2 Å². The Bertz CT molecular complexity index is 457. The second-order valence-electron chi connectivity index (χ2n) is 3.39. The van der Waals surface area contributed by atoms with E-state index in [1.807, 2.05) is 10.6 Å². The van der Waals surface area contributed by atoms with Crippen molar-refractivity contribution in [3.05, 3.63) is 18.2 Å². The van der Waals surface area contributed by atoms with Gasteiger partial charge in [0.25, 0.3) is 5.78 Å². The van der Waals surface area contributed by atoms with Gasteiger partial charge in [0.2, 0.25) is 0 Å². The van der Waals surface area contributed by atoms with Crippen LogP contribution in [0.2, 0.25) is 0 Å². The van der Waals surface area contributed by atoms with Crippen molar-refractivity contribution < 1.29 is 0 Å². The monoisotopic (exact) mass is 175 g/mol. The first-order valence-corrected chi connectivity index (χ1v) is 4.31. The minimum absolute atomic E-state index is 0.568. The highest BCUT2D eigenvalue weighted by molar-refractivity contribution is 5.39. The molecule has 0 amide bonds. The van der Waals surface area contributed by atoms with Crippen LogP contribution in [-0.2, 0) is 0 Å². The molecule has 1 saturated carbocycles. The second kappa shape index (κ2) is 2.18. The van der Waals surface area contributed by atoms with Crippen LogP contribution in [0.25, 0.3) is 5.78 Å². The average molecular weight is 175 g/mol. The summed E-state index contributed by atoms with van der Waals surface area (Å²) < 4.78 is 1.88. The molecule has 1 aliphatic rings. The summed E-state index contributed by atoms with van der Waals surface area (Å²) in [6, 6.07) is 0. The van der Waals surface area contributed by atoms with E-state index in [0.29, 0.717) is 17.4 Å². The van der Waals surface area contributed by atoms with Crippen LogP contribution in [-0.4, -0.2) is 19.6 Å². The summed E-state index contributed by atoms with van der Waals surface area (Å²) in [6.45, 7) is 0. The van der Waals surface area contributed by atoms with Crippen LogP contribution in [0.4, 0.5) is 5.69 Å². The first-order valence-electron chi connectivity index (χ1n) is 4.31. The Morgan fingerprint density at radius 3 is 3.00 bits per heavy atom. The molecular formula is C8H9N5. The summed E-state index contributed by atoms with van der Waals surface area (Å²) in [5.41, 5.74) is 6.28. The normalized spacial score (nSPS) is 16.6. The molecule has 1 fully saturated rings. The Labute approximate surface area is 74.6 Å². The Balaban J connectivity index is 2.29. The predicted molar refractivity (Wildman–Crippen MR) is 47.2 cm³/mol. The number of fused-ring (bicyclic) bond motifs is 1. The Hall–Kier alpha value is -1.65. The van der Waals surface area contributed by atoms with E-state index in [9.17, 15) is 0 Å². The van der Waals surface area contributed by atoms with E-state index in [-0.39, 0.29) is 0 Å². The lowest BCUT2D eigenvalue weighted by Gasteiger charge is -1.96. The molecule has 0 aromatic carbocycles. The summed E-state index contributed by atoms with van der Waals surface area (Å²) >= 11 is 0. The number of nitrogens with two attached hydrogens (primary N) is 1. The maximum atomic E-state index is 5.63. The molecule has 5 nitrogen and oxygen atoms in total. The van der Waals surface area contributed by atoms with Crippen molar-refractivity contribution >= 4 is 11.5 Å². The van der Waals surface area contributed by atoms with Gasteiger partial charge in [-0.1, -0.05) is 0 Å². The molecule has 0 unspecified atom stereocenters. The standard InChI is InChI=1S/C8H9N5/c9-6-3-10-8-12-11-7(5-1-2-5)13(8)4-6/h3-5H,1-2,9H2. The van der Waals surface area contributed by atoms with Gasteiger partial charge in [-0.3, -0.25) is 4.40 Å². The Morgan fingerprint density at radius 1 is 1.38 bits per heavy atom. The van der Waals surface area contributed by atoms with Crippen LogP contribution in [0.1, 0.15) is 24.6 Å². The largest absolute Gasteiger partial charge is 0.396 e. The highest BCUT2D eigenvalue weighted by atomic mass is 15.3. The zero-order chi connectivity index (χ0) is 8.84. The number of rotatable bonds is 1. The first kappa shape index (κ1) is 6.82. The predicted octanol–water partition coefficient (Wildman–Crippen LogP) is 0.584. The minimum Gasteiger partial charge on any atom is -0.396 e. The molecule has 0 atom stereocenters. The fourth-order valence-corrected chi connectivity index (χ4v) is 1.44. The van der Waals surface area contributed by atoms with Gasteiger partial charge in [0, 0.05) is 12.1 Å². The van der Waals surface area contributed by atoms with E-state index in [4.69, 9.17) is 5.73 Å². The van der Waals surface area contributed by atoms with Crippen LogP contribution in [0.15, 0.2) is 12.4 Å². The zero-order valence-corrected chi connectivity index (χ0v) is 7.01. The number of aromatic nitrogens is 4. The van der Waals surface area contributed by atoms with Gasteiger partial charge in [0.05, 0.1) is 11.9 Å². The molecule has 2 aromatic heterocycles. The number of hydrogen-bond acceptors (Lipinski definition) is 4. The number of hydrogen-bond donors (Lipinski definition) is 1. The molecule has 2 aromatic rings. The summed E-state index contributed by atoms with van der Waals surface area (Å²) in [6.07, 6.45) is 5.84. The lowest BCUT2D eigenvalue weighted by molar-refractivity contribution is 0.896. The summed E-state index contributed by atoms with van der Waals surface area (Å²) in [5.74, 6) is 2.20. The SMILES string of the molecule is Nc1cnc2nnc(C3CC3)n2c1. The fraction of sp³-hybridized carbons (Fsp3) is 0.375. The third-order valence-corrected chi connectivity index (χ3v) is 2.25. The fourth-order valence-electron chi connectivity index (χ4n) is 1.44. The van der Waals surface area contributed by atoms with Crippen molar-refractivity contribution in [3.8, 4) is 0 Å². The second-order valence-corrected chi connectivity index (χ2v) is 3.39. The lowest BCUT2D eigenvalue weighted by atomic mass is 10.4. The summed E-state index contributed by atoms with van der Waals surface area (Å²) in [5, 5.41) is 8.06.